The van der Waals surface area contributed by atoms with E-state index in [9.17, 15) is 14.0 Å². The summed E-state index contributed by atoms with van der Waals surface area (Å²) in [6.45, 7) is 3.78. The average molecular weight is 553 g/mol. The van der Waals surface area contributed by atoms with E-state index in [1.165, 1.54) is 34.1 Å². The predicted molar refractivity (Wildman–Crippen MR) is 141 cm³/mol. The van der Waals surface area contributed by atoms with Gasteiger partial charge in [0.05, 0.1) is 33.5 Å². The molecular formula is C28H22ClFN2O5S. The van der Waals surface area contributed by atoms with Gasteiger partial charge >= 0.3 is 5.97 Å². The molecular weight excluding hydrogens is 531 g/mol. The summed E-state index contributed by atoms with van der Waals surface area (Å²) in [6, 6.07) is 16.2. The second kappa shape index (κ2) is 10.8. The van der Waals surface area contributed by atoms with E-state index in [0.29, 0.717) is 37.9 Å². The Morgan fingerprint density at radius 1 is 1.21 bits per heavy atom. The van der Waals surface area contributed by atoms with Crippen molar-refractivity contribution >= 4 is 35.0 Å². The van der Waals surface area contributed by atoms with Gasteiger partial charge in [0.2, 0.25) is 0 Å². The van der Waals surface area contributed by atoms with E-state index in [1.54, 1.807) is 32.1 Å². The van der Waals surface area contributed by atoms with Crippen molar-refractivity contribution in [1.82, 2.24) is 4.57 Å². The number of nitrogens with zero attached hydrogens (tertiary/aromatic N) is 2. The number of fused-ring (bicyclic) bond motifs is 1. The fourth-order valence-electron chi connectivity index (χ4n) is 4.14. The molecule has 10 heteroatoms. The van der Waals surface area contributed by atoms with Crippen LogP contribution in [-0.4, -0.2) is 17.1 Å². The summed E-state index contributed by atoms with van der Waals surface area (Å²) < 4.78 is 32.0. The quantitative estimate of drug-likeness (QED) is 0.309. The van der Waals surface area contributed by atoms with Crippen LogP contribution in [0.25, 0.3) is 6.08 Å². The first-order valence-corrected chi connectivity index (χ1v) is 13.0. The summed E-state index contributed by atoms with van der Waals surface area (Å²) in [6.07, 6.45) is 1.63. The molecule has 0 amide bonds. The molecule has 1 aliphatic rings. The van der Waals surface area contributed by atoms with Crippen LogP contribution in [0, 0.1) is 5.82 Å². The molecule has 0 unspecified atom stereocenters. The third kappa shape index (κ3) is 5.07. The summed E-state index contributed by atoms with van der Waals surface area (Å²) in [5.41, 5.74) is 1.31. The lowest BCUT2D eigenvalue weighted by Crippen LogP contribution is -2.39. The fraction of sp³-hybridized carbons (Fsp3) is 0.179. The van der Waals surface area contributed by atoms with E-state index < -0.39 is 17.8 Å². The van der Waals surface area contributed by atoms with E-state index in [2.05, 4.69) is 4.99 Å². The zero-order valence-corrected chi connectivity index (χ0v) is 22.0. The third-order valence-corrected chi connectivity index (χ3v) is 7.13. The molecule has 2 aromatic carbocycles. The summed E-state index contributed by atoms with van der Waals surface area (Å²) in [4.78, 5) is 31.5. The maximum atomic E-state index is 13.6. The molecule has 194 valence electrons. The number of allylic oxidation sites excluding steroid dienone is 1. The molecule has 5 rings (SSSR count). The molecule has 4 aromatic rings. The highest BCUT2D eigenvalue weighted by molar-refractivity contribution is 7.07. The molecule has 0 N–H and O–H groups in total. The van der Waals surface area contributed by atoms with Crippen molar-refractivity contribution in [3.05, 3.63) is 120 Å². The minimum absolute atomic E-state index is 0.0341. The fourth-order valence-corrected chi connectivity index (χ4v) is 5.34. The Labute approximate surface area is 225 Å². The first-order valence-electron chi connectivity index (χ1n) is 11.8. The molecule has 2 aromatic heterocycles. The second-order valence-corrected chi connectivity index (χ2v) is 9.80. The number of rotatable bonds is 7. The van der Waals surface area contributed by atoms with Crippen molar-refractivity contribution in [1.29, 1.82) is 0 Å². The van der Waals surface area contributed by atoms with Gasteiger partial charge in [-0.2, -0.15) is 0 Å². The van der Waals surface area contributed by atoms with Gasteiger partial charge < -0.3 is 13.9 Å². The monoisotopic (exact) mass is 552 g/mol. The Balaban J connectivity index is 1.49. The molecule has 7 nitrogen and oxygen atoms in total. The molecule has 0 bridgehead atoms. The van der Waals surface area contributed by atoms with Crippen LogP contribution in [0.15, 0.2) is 86.1 Å². The number of halogens is 2. The molecule has 1 aliphatic heterocycles. The highest BCUT2D eigenvalue weighted by Crippen LogP contribution is 2.30. The van der Waals surface area contributed by atoms with Crippen molar-refractivity contribution < 1.29 is 23.1 Å². The van der Waals surface area contributed by atoms with Crippen molar-refractivity contribution in [3.8, 4) is 5.75 Å². The number of hydrogen-bond acceptors (Lipinski definition) is 7. The van der Waals surface area contributed by atoms with E-state index in [4.69, 9.17) is 25.5 Å². The number of benzene rings is 2. The molecule has 0 aliphatic carbocycles. The molecule has 3 heterocycles. The van der Waals surface area contributed by atoms with Crippen molar-refractivity contribution in [2.24, 2.45) is 4.99 Å². The highest BCUT2D eigenvalue weighted by atomic mass is 35.5. The van der Waals surface area contributed by atoms with Crippen LogP contribution in [0.3, 0.4) is 0 Å². The number of hydrogen-bond donors (Lipinski definition) is 0. The van der Waals surface area contributed by atoms with Gasteiger partial charge in [-0.1, -0.05) is 53.3 Å². The van der Waals surface area contributed by atoms with E-state index >= 15 is 0 Å². The summed E-state index contributed by atoms with van der Waals surface area (Å²) >= 11 is 7.01. The Morgan fingerprint density at radius 2 is 2.00 bits per heavy atom. The number of ether oxygens (including phenoxy) is 2. The third-order valence-electron chi connectivity index (χ3n) is 5.86. The van der Waals surface area contributed by atoms with Crippen LogP contribution in [0.2, 0.25) is 5.02 Å². The van der Waals surface area contributed by atoms with Crippen LogP contribution in [-0.2, 0) is 16.1 Å². The zero-order chi connectivity index (χ0) is 26.8. The van der Waals surface area contributed by atoms with Crippen molar-refractivity contribution in [3.63, 3.8) is 0 Å². The van der Waals surface area contributed by atoms with Crippen molar-refractivity contribution in [2.45, 2.75) is 26.5 Å². The van der Waals surface area contributed by atoms with Gasteiger partial charge in [0.1, 0.15) is 29.7 Å². The van der Waals surface area contributed by atoms with Crippen LogP contribution in [0.5, 0.6) is 5.75 Å². The molecule has 0 saturated carbocycles. The Kier molecular flexibility index (Phi) is 7.31. The summed E-state index contributed by atoms with van der Waals surface area (Å²) in [7, 11) is 0. The van der Waals surface area contributed by atoms with Gasteiger partial charge in [-0.3, -0.25) is 9.36 Å². The number of carbonyl (C=O) groups is 1. The molecule has 0 radical (unpaired) electrons. The number of carbonyl (C=O) groups excluding carboxylic acids is 1. The number of esters is 1. The van der Waals surface area contributed by atoms with Gasteiger partial charge in [0, 0.05) is 12.1 Å². The van der Waals surface area contributed by atoms with Crippen LogP contribution < -0.4 is 19.6 Å². The SMILES string of the molecule is CCOC(=O)C1=C(C)N=c2s/c(=C\c3ccc(COc4ccc(F)c(Cl)c4)o3)c(=O)n2[C@@H]1c1ccccc1. The number of thiazole rings is 1. The Hall–Kier alpha value is -3.95. The molecule has 0 spiro atoms. The smallest absolute Gasteiger partial charge is 0.338 e. The highest BCUT2D eigenvalue weighted by Gasteiger charge is 2.33. The Bertz CT molecular complexity index is 1720. The molecule has 1 atom stereocenters. The lowest BCUT2D eigenvalue weighted by molar-refractivity contribution is -0.139. The lowest BCUT2D eigenvalue weighted by Gasteiger charge is -2.24. The van der Waals surface area contributed by atoms with Gasteiger partial charge in [-0.15, -0.1) is 0 Å². The van der Waals surface area contributed by atoms with Crippen LogP contribution in [0.1, 0.15) is 37.0 Å². The number of furan rings is 1. The second-order valence-electron chi connectivity index (χ2n) is 8.38. The van der Waals surface area contributed by atoms with Crippen LogP contribution >= 0.6 is 22.9 Å². The van der Waals surface area contributed by atoms with E-state index in [0.717, 1.165) is 5.56 Å². The van der Waals surface area contributed by atoms with E-state index in [-0.39, 0.29) is 23.8 Å². The average Bonchev–Trinajstić information content (AvgIpc) is 3.48. The first-order chi connectivity index (χ1) is 18.4. The summed E-state index contributed by atoms with van der Waals surface area (Å²) in [5, 5.41) is -0.0341. The molecule has 0 saturated heterocycles. The van der Waals surface area contributed by atoms with Gasteiger partial charge in [-0.05, 0) is 43.7 Å². The largest absolute Gasteiger partial charge is 0.486 e. The van der Waals surface area contributed by atoms with Gasteiger partial charge in [0.15, 0.2) is 4.80 Å². The molecule has 38 heavy (non-hydrogen) atoms. The molecule has 0 fully saturated rings. The lowest BCUT2D eigenvalue weighted by atomic mass is 9.96. The number of aromatic nitrogens is 1. The summed E-state index contributed by atoms with van der Waals surface area (Å²) in [5.74, 6) is 0.321. The van der Waals surface area contributed by atoms with Gasteiger partial charge in [0.25, 0.3) is 5.56 Å². The van der Waals surface area contributed by atoms with Crippen LogP contribution in [0.4, 0.5) is 4.39 Å². The topological polar surface area (TPSA) is 83.0 Å². The Morgan fingerprint density at radius 3 is 2.74 bits per heavy atom. The first kappa shape index (κ1) is 25.7. The minimum atomic E-state index is -0.670. The zero-order valence-electron chi connectivity index (χ0n) is 20.4. The maximum absolute atomic E-state index is 13.6. The van der Waals surface area contributed by atoms with Crippen molar-refractivity contribution in [2.75, 3.05) is 6.61 Å². The predicted octanol–water partition coefficient (Wildman–Crippen LogP) is 4.76. The maximum Gasteiger partial charge on any atom is 0.338 e. The van der Waals surface area contributed by atoms with E-state index in [1.807, 2.05) is 30.3 Å². The van der Waals surface area contributed by atoms with Gasteiger partial charge in [-0.25, -0.2) is 14.2 Å². The normalized spacial score (nSPS) is 15.3. The minimum Gasteiger partial charge on any atom is -0.486 e. The standard InChI is InChI=1S/C28H22ClFN2O5S/c1-3-35-27(34)24-16(2)31-28-32(25(24)17-7-5-4-6-8-17)26(33)23(38-28)14-19-9-10-20(37-19)15-36-18-11-12-22(30)21(29)13-18/h4-14,25H,3,15H2,1-2H3/b23-14-/t25-/m1/s1.